The minimum atomic E-state index is -0.248. The first-order chi connectivity index (χ1) is 10.1. The molecular weight excluding hydrogens is 262 g/mol. The molecule has 0 saturated heterocycles. The summed E-state index contributed by atoms with van der Waals surface area (Å²) in [7, 11) is 0. The Bertz CT molecular complexity index is 833. The zero-order chi connectivity index (χ0) is 15.0. The smallest absolute Gasteiger partial charge is 0.306 e. The molecular formula is C17H17N3O. The minimum Gasteiger partial charge on any atom is -0.306 e. The van der Waals surface area contributed by atoms with Crippen molar-refractivity contribution in [3.05, 3.63) is 59.3 Å². The van der Waals surface area contributed by atoms with Gasteiger partial charge >= 0.3 is 6.03 Å². The van der Waals surface area contributed by atoms with E-state index in [0.29, 0.717) is 0 Å². The molecule has 0 aliphatic rings. The summed E-state index contributed by atoms with van der Waals surface area (Å²) < 4.78 is 1.40. The summed E-state index contributed by atoms with van der Waals surface area (Å²) >= 11 is 0. The summed E-state index contributed by atoms with van der Waals surface area (Å²) in [5.41, 5.74) is 4.99. The predicted octanol–water partition coefficient (Wildman–Crippen LogP) is 4.04. The van der Waals surface area contributed by atoms with Gasteiger partial charge in [-0.25, -0.2) is 4.79 Å². The molecule has 0 unspecified atom stereocenters. The van der Waals surface area contributed by atoms with Crippen molar-refractivity contribution in [2.24, 2.45) is 0 Å². The fourth-order valence-corrected chi connectivity index (χ4v) is 2.37. The molecule has 21 heavy (non-hydrogen) atoms. The third-order valence-corrected chi connectivity index (χ3v) is 3.76. The maximum atomic E-state index is 12.4. The van der Waals surface area contributed by atoms with Crippen molar-refractivity contribution in [1.29, 1.82) is 0 Å². The average molecular weight is 279 g/mol. The molecule has 3 aromatic rings. The second-order valence-corrected chi connectivity index (χ2v) is 5.30. The van der Waals surface area contributed by atoms with Crippen molar-refractivity contribution in [1.82, 2.24) is 9.78 Å². The third-order valence-electron chi connectivity index (χ3n) is 3.76. The van der Waals surface area contributed by atoms with Crippen LogP contribution in [-0.2, 0) is 0 Å². The monoisotopic (exact) mass is 279 g/mol. The number of benzene rings is 2. The van der Waals surface area contributed by atoms with Crippen LogP contribution in [-0.4, -0.2) is 15.8 Å². The maximum absolute atomic E-state index is 12.4. The molecule has 0 bridgehead atoms. The molecule has 4 nitrogen and oxygen atoms in total. The summed E-state index contributed by atoms with van der Waals surface area (Å²) in [5.74, 6) is 0. The van der Waals surface area contributed by atoms with Crippen LogP contribution in [0.4, 0.5) is 10.5 Å². The Hall–Kier alpha value is -2.62. The van der Waals surface area contributed by atoms with Crippen LogP contribution >= 0.6 is 0 Å². The number of aromatic nitrogens is 2. The first-order valence-electron chi connectivity index (χ1n) is 6.88. The number of nitrogens with one attached hydrogen (secondary N) is 1. The number of fused-ring (bicyclic) bond motifs is 1. The normalized spacial score (nSPS) is 10.8. The Morgan fingerprint density at radius 1 is 1.14 bits per heavy atom. The highest BCUT2D eigenvalue weighted by Gasteiger charge is 2.12. The molecule has 1 heterocycles. The Morgan fingerprint density at radius 2 is 1.95 bits per heavy atom. The van der Waals surface area contributed by atoms with Crippen LogP contribution in [0.2, 0.25) is 0 Å². The second kappa shape index (κ2) is 5.05. The first kappa shape index (κ1) is 13.4. The number of hydrogen-bond donors (Lipinski definition) is 1. The molecule has 0 aliphatic heterocycles. The van der Waals surface area contributed by atoms with Crippen molar-refractivity contribution in [2.75, 3.05) is 5.32 Å². The molecule has 0 fully saturated rings. The zero-order valence-electron chi connectivity index (χ0n) is 12.3. The first-order valence-corrected chi connectivity index (χ1v) is 6.88. The van der Waals surface area contributed by atoms with Crippen molar-refractivity contribution in [2.45, 2.75) is 20.8 Å². The van der Waals surface area contributed by atoms with Crippen molar-refractivity contribution in [3.8, 4) is 0 Å². The molecule has 1 aromatic heterocycles. The fourth-order valence-electron chi connectivity index (χ4n) is 2.37. The Kier molecular flexibility index (Phi) is 3.22. The van der Waals surface area contributed by atoms with Gasteiger partial charge in [0, 0.05) is 11.1 Å². The van der Waals surface area contributed by atoms with Crippen LogP contribution in [0.5, 0.6) is 0 Å². The van der Waals surface area contributed by atoms with Gasteiger partial charge in [-0.3, -0.25) is 0 Å². The van der Waals surface area contributed by atoms with Gasteiger partial charge in [-0.1, -0.05) is 23.8 Å². The van der Waals surface area contributed by atoms with Crippen molar-refractivity contribution in [3.63, 3.8) is 0 Å². The summed E-state index contributed by atoms with van der Waals surface area (Å²) in [5, 5.41) is 8.07. The third kappa shape index (κ3) is 2.40. The molecule has 2 aromatic carbocycles. The Morgan fingerprint density at radius 3 is 2.76 bits per heavy atom. The number of amides is 1. The van der Waals surface area contributed by atoms with E-state index in [0.717, 1.165) is 33.3 Å². The van der Waals surface area contributed by atoms with E-state index >= 15 is 0 Å². The second-order valence-electron chi connectivity index (χ2n) is 5.30. The van der Waals surface area contributed by atoms with Crippen molar-refractivity contribution >= 4 is 22.6 Å². The van der Waals surface area contributed by atoms with E-state index in [1.54, 1.807) is 6.20 Å². The molecule has 0 atom stereocenters. The quantitative estimate of drug-likeness (QED) is 0.730. The van der Waals surface area contributed by atoms with Crippen molar-refractivity contribution < 1.29 is 4.79 Å². The topological polar surface area (TPSA) is 46.9 Å². The number of carbonyl (C=O) groups is 1. The largest absolute Gasteiger partial charge is 0.347 e. The van der Waals surface area contributed by atoms with Crippen LogP contribution in [0, 0.1) is 20.8 Å². The van der Waals surface area contributed by atoms with E-state index in [9.17, 15) is 4.79 Å². The van der Waals surface area contributed by atoms with Gasteiger partial charge in [0.1, 0.15) is 0 Å². The van der Waals surface area contributed by atoms with Gasteiger partial charge < -0.3 is 5.32 Å². The summed E-state index contributed by atoms with van der Waals surface area (Å²) in [6, 6.07) is 11.5. The summed E-state index contributed by atoms with van der Waals surface area (Å²) in [6.45, 7) is 6.04. The van der Waals surface area contributed by atoms with Crippen LogP contribution in [0.25, 0.3) is 10.9 Å². The van der Waals surface area contributed by atoms with Crippen LogP contribution in [0.1, 0.15) is 16.7 Å². The van der Waals surface area contributed by atoms with E-state index in [1.807, 2.05) is 57.2 Å². The SMILES string of the molecule is Cc1ccc2c(cnn2C(=O)Nc2cccc(C)c2C)c1. The highest BCUT2D eigenvalue weighted by Crippen LogP contribution is 2.20. The number of hydrogen-bond acceptors (Lipinski definition) is 2. The lowest BCUT2D eigenvalue weighted by atomic mass is 10.1. The van der Waals surface area contributed by atoms with Gasteiger partial charge in [0.15, 0.2) is 0 Å². The number of carbonyl (C=O) groups excluding carboxylic acids is 1. The minimum absolute atomic E-state index is 0.248. The number of anilines is 1. The van der Waals surface area contributed by atoms with E-state index in [1.165, 1.54) is 4.68 Å². The zero-order valence-corrected chi connectivity index (χ0v) is 12.3. The number of nitrogens with zero attached hydrogens (tertiary/aromatic N) is 2. The highest BCUT2D eigenvalue weighted by molar-refractivity contribution is 5.97. The average Bonchev–Trinajstić information content (AvgIpc) is 2.86. The molecule has 1 N–H and O–H groups in total. The van der Waals surface area contributed by atoms with Crippen LogP contribution < -0.4 is 5.32 Å². The fraction of sp³-hybridized carbons (Fsp3) is 0.176. The van der Waals surface area contributed by atoms with Crippen LogP contribution in [0.3, 0.4) is 0 Å². The van der Waals surface area contributed by atoms with Gasteiger partial charge in [0.25, 0.3) is 0 Å². The summed E-state index contributed by atoms with van der Waals surface area (Å²) in [4.78, 5) is 12.4. The van der Waals surface area contributed by atoms with E-state index in [-0.39, 0.29) is 6.03 Å². The van der Waals surface area contributed by atoms with Crippen LogP contribution in [0.15, 0.2) is 42.6 Å². The van der Waals surface area contributed by atoms with Gasteiger partial charge in [-0.2, -0.15) is 9.78 Å². The molecule has 0 aliphatic carbocycles. The van der Waals surface area contributed by atoms with E-state index < -0.39 is 0 Å². The maximum Gasteiger partial charge on any atom is 0.347 e. The lowest BCUT2D eigenvalue weighted by Crippen LogP contribution is -2.21. The lowest BCUT2D eigenvalue weighted by Gasteiger charge is -2.10. The number of rotatable bonds is 1. The molecule has 0 saturated carbocycles. The molecule has 4 heteroatoms. The van der Waals surface area contributed by atoms with Gasteiger partial charge in [-0.15, -0.1) is 0 Å². The van der Waals surface area contributed by atoms with Gasteiger partial charge in [0.05, 0.1) is 11.7 Å². The molecule has 0 spiro atoms. The molecule has 3 rings (SSSR count). The lowest BCUT2D eigenvalue weighted by molar-refractivity contribution is 0.252. The van der Waals surface area contributed by atoms with E-state index in [4.69, 9.17) is 0 Å². The van der Waals surface area contributed by atoms with E-state index in [2.05, 4.69) is 10.4 Å². The van der Waals surface area contributed by atoms with Gasteiger partial charge in [0.2, 0.25) is 0 Å². The number of aryl methyl sites for hydroxylation is 2. The predicted molar refractivity (Wildman–Crippen MR) is 84.8 cm³/mol. The Labute approximate surface area is 123 Å². The van der Waals surface area contributed by atoms with Gasteiger partial charge in [-0.05, 0) is 50.1 Å². The highest BCUT2D eigenvalue weighted by atomic mass is 16.2. The molecule has 1 amide bonds. The standard InChI is InChI=1S/C17H17N3O/c1-11-7-8-16-14(9-11)10-18-20(16)17(21)19-15-6-4-5-12(2)13(15)3/h4-10H,1-3H3,(H,19,21). The summed E-state index contributed by atoms with van der Waals surface area (Å²) in [6.07, 6.45) is 1.71. The Balaban J connectivity index is 1.96. The molecule has 106 valence electrons. The molecule has 0 radical (unpaired) electrons.